The summed E-state index contributed by atoms with van der Waals surface area (Å²) < 4.78 is 29.4. The van der Waals surface area contributed by atoms with E-state index in [-0.39, 0.29) is 0 Å². The molecule has 0 amide bonds. The standard InChI is InChI=1S/C22H29N3O2S2/c1-5-6-7-18-15-19(21(28-18)29(26,27)25-22(2,3)4)17-10-8-16(9-11-17)14-20-23-12-13-24-20/h8-13,15,25H,5-7,14H2,1-4H3,(H,23,24). The van der Waals surface area contributed by atoms with Crippen LogP contribution in [0.15, 0.2) is 46.9 Å². The molecule has 0 spiro atoms. The first-order valence-electron chi connectivity index (χ1n) is 9.92. The molecule has 29 heavy (non-hydrogen) atoms. The second kappa shape index (κ2) is 8.81. The number of nitrogens with one attached hydrogen (secondary N) is 2. The van der Waals surface area contributed by atoms with Gasteiger partial charge in [0.15, 0.2) is 0 Å². The molecule has 0 unspecified atom stereocenters. The lowest BCUT2D eigenvalue weighted by atomic mass is 10.0. The van der Waals surface area contributed by atoms with E-state index in [0.29, 0.717) is 4.21 Å². The van der Waals surface area contributed by atoms with E-state index >= 15 is 0 Å². The summed E-state index contributed by atoms with van der Waals surface area (Å²) in [6.45, 7) is 7.73. The first kappa shape index (κ1) is 21.7. The van der Waals surface area contributed by atoms with Crippen LogP contribution in [0.25, 0.3) is 11.1 Å². The van der Waals surface area contributed by atoms with Gasteiger partial charge in [-0.3, -0.25) is 0 Å². The molecule has 0 saturated carbocycles. The quantitative estimate of drug-likeness (QED) is 0.518. The van der Waals surface area contributed by atoms with Crippen molar-refractivity contribution in [3.05, 3.63) is 59.0 Å². The fourth-order valence-electron chi connectivity index (χ4n) is 3.14. The SMILES string of the molecule is CCCCc1cc(-c2ccc(Cc3ncc[nH]3)cc2)c(S(=O)(=O)NC(C)(C)C)s1. The Labute approximate surface area is 177 Å². The Morgan fingerprint density at radius 2 is 1.90 bits per heavy atom. The molecule has 0 aliphatic rings. The number of imidazole rings is 1. The first-order valence-corrected chi connectivity index (χ1v) is 12.2. The van der Waals surface area contributed by atoms with Gasteiger partial charge in [-0.15, -0.1) is 11.3 Å². The number of aryl methyl sites for hydroxylation is 1. The van der Waals surface area contributed by atoms with E-state index in [1.165, 1.54) is 11.3 Å². The zero-order chi connectivity index (χ0) is 21.1. The lowest BCUT2D eigenvalue weighted by molar-refractivity contribution is 0.493. The van der Waals surface area contributed by atoms with Crippen molar-refractivity contribution in [1.82, 2.24) is 14.7 Å². The van der Waals surface area contributed by atoms with Crippen molar-refractivity contribution < 1.29 is 8.42 Å². The number of aromatic amines is 1. The first-order chi connectivity index (χ1) is 13.7. The lowest BCUT2D eigenvalue weighted by Gasteiger charge is -2.20. The third-order valence-corrected chi connectivity index (χ3v) is 7.89. The number of rotatable bonds is 8. The molecule has 2 N–H and O–H groups in total. The summed E-state index contributed by atoms with van der Waals surface area (Å²) in [4.78, 5) is 8.48. The lowest BCUT2D eigenvalue weighted by Crippen LogP contribution is -2.40. The molecule has 3 aromatic rings. The fraction of sp³-hybridized carbons (Fsp3) is 0.409. The number of hydrogen-bond donors (Lipinski definition) is 2. The topological polar surface area (TPSA) is 74.8 Å². The van der Waals surface area contributed by atoms with Crippen LogP contribution in [0.3, 0.4) is 0 Å². The van der Waals surface area contributed by atoms with Crippen LogP contribution in [-0.4, -0.2) is 23.9 Å². The smallest absolute Gasteiger partial charge is 0.251 e. The van der Waals surface area contributed by atoms with Crippen molar-refractivity contribution in [3.8, 4) is 11.1 Å². The molecule has 0 atom stereocenters. The molecular weight excluding hydrogens is 402 g/mol. The van der Waals surface area contributed by atoms with Crippen LogP contribution in [0.1, 0.15) is 56.8 Å². The summed E-state index contributed by atoms with van der Waals surface area (Å²) in [7, 11) is -3.60. The second-order valence-electron chi connectivity index (χ2n) is 8.28. The van der Waals surface area contributed by atoms with E-state index in [4.69, 9.17) is 0 Å². The van der Waals surface area contributed by atoms with E-state index in [9.17, 15) is 8.42 Å². The zero-order valence-electron chi connectivity index (χ0n) is 17.5. The predicted molar refractivity (Wildman–Crippen MR) is 120 cm³/mol. The van der Waals surface area contributed by atoms with Crippen LogP contribution in [0, 0.1) is 0 Å². The van der Waals surface area contributed by atoms with Crippen molar-refractivity contribution in [3.63, 3.8) is 0 Å². The Bertz CT molecular complexity index is 1030. The third kappa shape index (κ3) is 5.78. The molecule has 2 aromatic heterocycles. The molecule has 0 aliphatic heterocycles. The molecule has 0 radical (unpaired) electrons. The minimum absolute atomic E-state index is 0.400. The monoisotopic (exact) mass is 431 g/mol. The van der Waals surface area contributed by atoms with Crippen LogP contribution >= 0.6 is 11.3 Å². The number of benzene rings is 1. The Hall–Kier alpha value is -1.96. The van der Waals surface area contributed by atoms with Gasteiger partial charge in [0.2, 0.25) is 0 Å². The van der Waals surface area contributed by atoms with Gasteiger partial charge >= 0.3 is 0 Å². The molecule has 0 aliphatic carbocycles. The molecule has 1 aromatic carbocycles. The summed E-state index contributed by atoms with van der Waals surface area (Å²) >= 11 is 1.38. The van der Waals surface area contributed by atoms with E-state index in [0.717, 1.165) is 53.1 Å². The van der Waals surface area contributed by atoms with Gasteiger partial charge in [0.05, 0.1) is 0 Å². The highest BCUT2D eigenvalue weighted by Gasteiger charge is 2.27. The maximum Gasteiger partial charge on any atom is 0.251 e. The molecule has 156 valence electrons. The number of unbranched alkanes of at least 4 members (excludes halogenated alkanes) is 1. The molecule has 0 bridgehead atoms. The van der Waals surface area contributed by atoms with Gasteiger partial charge in [-0.1, -0.05) is 37.6 Å². The number of hydrogen-bond acceptors (Lipinski definition) is 4. The van der Waals surface area contributed by atoms with Crippen molar-refractivity contribution in [2.45, 2.75) is 63.1 Å². The van der Waals surface area contributed by atoms with Gasteiger partial charge in [0.1, 0.15) is 10.0 Å². The zero-order valence-corrected chi connectivity index (χ0v) is 19.1. The summed E-state index contributed by atoms with van der Waals surface area (Å²) in [6, 6.07) is 10.1. The normalized spacial score (nSPS) is 12.4. The van der Waals surface area contributed by atoms with Gasteiger partial charge in [0.25, 0.3) is 10.0 Å². The Morgan fingerprint density at radius 3 is 2.48 bits per heavy atom. The van der Waals surface area contributed by atoms with Crippen LogP contribution in [0.2, 0.25) is 0 Å². The predicted octanol–water partition coefficient (Wildman–Crippen LogP) is 5.15. The number of H-pyrrole nitrogens is 1. The second-order valence-corrected chi connectivity index (χ2v) is 11.3. The van der Waals surface area contributed by atoms with Crippen LogP contribution in [0.4, 0.5) is 0 Å². The average molecular weight is 432 g/mol. The maximum absolute atomic E-state index is 13.1. The molecular formula is C22H29N3O2S2. The average Bonchev–Trinajstić information content (AvgIpc) is 3.28. The van der Waals surface area contributed by atoms with Gasteiger partial charge in [-0.05, 0) is 50.8 Å². The molecule has 0 saturated heterocycles. The maximum atomic E-state index is 13.1. The largest absolute Gasteiger partial charge is 0.348 e. The van der Waals surface area contributed by atoms with Crippen molar-refractivity contribution >= 4 is 21.4 Å². The third-order valence-electron chi connectivity index (χ3n) is 4.40. The van der Waals surface area contributed by atoms with Crippen molar-refractivity contribution in [2.75, 3.05) is 0 Å². The van der Waals surface area contributed by atoms with Gasteiger partial charge in [0, 0.05) is 34.8 Å². The van der Waals surface area contributed by atoms with Crippen LogP contribution in [0.5, 0.6) is 0 Å². The van der Waals surface area contributed by atoms with E-state index in [2.05, 4.69) is 21.6 Å². The molecule has 3 rings (SSSR count). The van der Waals surface area contributed by atoms with Crippen molar-refractivity contribution in [1.29, 1.82) is 0 Å². The Balaban J connectivity index is 1.95. The van der Waals surface area contributed by atoms with E-state index in [1.54, 1.807) is 6.20 Å². The van der Waals surface area contributed by atoms with E-state index in [1.807, 2.05) is 57.3 Å². The van der Waals surface area contributed by atoms with Crippen LogP contribution in [-0.2, 0) is 22.9 Å². The summed E-state index contributed by atoms with van der Waals surface area (Å²) in [6.07, 6.45) is 7.30. The number of thiophene rings is 1. The minimum Gasteiger partial charge on any atom is -0.348 e. The number of aromatic nitrogens is 2. The number of nitrogens with zero attached hydrogens (tertiary/aromatic N) is 1. The number of sulfonamides is 1. The molecule has 2 heterocycles. The molecule has 7 heteroatoms. The summed E-state index contributed by atoms with van der Waals surface area (Å²) in [5, 5.41) is 0. The minimum atomic E-state index is -3.60. The van der Waals surface area contributed by atoms with Crippen LogP contribution < -0.4 is 4.72 Å². The van der Waals surface area contributed by atoms with Gasteiger partial charge < -0.3 is 4.98 Å². The Morgan fingerprint density at radius 1 is 1.17 bits per heavy atom. The highest BCUT2D eigenvalue weighted by molar-refractivity contribution is 7.91. The van der Waals surface area contributed by atoms with Crippen molar-refractivity contribution in [2.24, 2.45) is 0 Å². The molecule has 0 fully saturated rings. The highest BCUT2D eigenvalue weighted by atomic mass is 32.2. The van der Waals surface area contributed by atoms with Gasteiger partial charge in [-0.25, -0.2) is 18.1 Å². The fourth-order valence-corrected chi connectivity index (χ4v) is 6.34. The summed E-state index contributed by atoms with van der Waals surface area (Å²) in [5.74, 6) is 0.910. The summed E-state index contributed by atoms with van der Waals surface area (Å²) in [5.41, 5.74) is 2.29. The van der Waals surface area contributed by atoms with Gasteiger partial charge in [-0.2, -0.15) is 0 Å². The van der Waals surface area contributed by atoms with E-state index < -0.39 is 15.6 Å². The Kier molecular flexibility index (Phi) is 6.61. The highest BCUT2D eigenvalue weighted by Crippen LogP contribution is 2.36. The molecule has 5 nitrogen and oxygen atoms in total.